The number of quaternary nitrogens is 1. The Morgan fingerprint density at radius 1 is 1.33 bits per heavy atom. The van der Waals surface area contributed by atoms with E-state index in [0.29, 0.717) is 17.1 Å². The molecule has 0 spiro atoms. The van der Waals surface area contributed by atoms with Gasteiger partial charge in [-0.05, 0) is 13.8 Å². The molecule has 4 nitrogen and oxygen atoms in total. The van der Waals surface area contributed by atoms with Crippen LogP contribution in [-0.2, 0) is 10.1 Å². The minimum atomic E-state index is -3.81. The van der Waals surface area contributed by atoms with Crippen molar-refractivity contribution < 1.29 is 17.5 Å². The summed E-state index contributed by atoms with van der Waals surface area (Å²) >= 11 is 0. The Morgan fingerprint density at radius 2 is 1.75 bits per heavy atom. The van der Waals surface area contributed by atoms with E-state index in [1.165, 1.54) is 0 Å². The Labute approximate surface area is 74.5 Å². The quantitative estimate of drug-likeness (QED) is 0.522. The van der Waals surface area contributed by atoms with Gasteiger partial charge in [-0.3, -0.25) is 4.55 Å². The van der Waals surface area contributed by atoms with Crippen molar-refractivity contribution in [3.8, 4) is 0 Å². The highest BCUT2D eigenvalue weighted by atomic mass is 32.2. The van der Waals surface area contributed by atoms with Gasteiger partial charge >= 0.3 is 0 Å². The van der Waals surface area contributed by atoms with Gasteiger partial charge in [-0.1, -0.05) is 0 Å². The normalized spacial score (nSPS) is 13.8. The molecule has 0 heterocycles. The van der Waals surface area contributed by atoms with Crippen LogP contribution in [0.4, 0.5) is 0 Å². The van der Waals surface area contributed by atoms with Crippen LogP contribution in [-0.4, -0.2) is 49.9 Å². The van der Waals surface area contributed by atoms with E-state index in [2.05, 4.69) is 0 Å². The summed E-state index contributed by atoms with van der Waals surface area (Å²) in [5, 5.41) is 0. The molecular weight excluding hydrogens is 178 g/mol. The van der Waals surface area contributed by atoms with Crippen molar-refractivity contribution in [2.45, 2.75) is 19.9 Å². The highest BCUT2D eigenvalue weighted by Gasteiger charge is 2.21. The van der Waals surface area contributed by atoms with Gasteiger partial charge in [-0.25, -0.2) is 0 Å². The van der Waals surface area contributed by atoms with Crippen LogP contribution in [0.1, 0.15) is 13.8 Å². The fourth-order valence-electron chi connectivity index (χ4n) is 0.609. The summed E-state index contributed by atoms with van der Waals surface area (Å²) in [6.07, 6.45) is 0. The van der Waals surface area contributed by atoms with Crippen molar-refractivity contribution in [1.82, 2.24) is 0 Å². The molecule has 0 rings (SSSR count). The second-order valence-electron chi connectivity index (χ2n) is 3.88. The molecule has 1 N–H and O–H groups in total. The molecule has 12 heavy (non-hydrogen) atoms. The molecule has 0 amide bonds. The molecule has 0 atom stereocenters. The molecule has 0 saturated carbocycles. The first-order valence-corrected chi connectivity index (χ1v) is 5.54. The van der Waals surface area contributed by atoms with Crippen molar-refractivity contribution in [1.29, 1.82) is 0 Å². The molecule has 0 unspecified atom stereocenters. The molecule has 0 bridgehead atoms. The van der Waals surface area contributed by atoms with Crippen LogP contribution in [0.3, 0.4) is 0 Å². The molecule has 74 valence electrons. The first kappa shape index (κ1) is 11.9. The average Bonchev–Trinajstić information content (AvgIpc) is 1.82. The number of rotatable bonds is 4. The summed E-state index contributed by atoms with van der Waals surface area (Å²) in [4.78, 5) is 0. The second kappa shape index (κ2) is 3.72. The standard InChI is InChI=1S/C7H17NO3S/c1-7(2)8(3,4)5-6-12(9,10)11/h7H,5-6H2,1-4H3/p+1. The van der Waals surface area contributed by atoms with Gasteiger partial charge < -0.3 is 4.48 Å². The Bertz CT molecular complexity index is 231. The third-order valence-electron chi connectivity index (χ3n) is 2.32. The van der Waals surface area contributed by atoms with E-state index in [-0.39, 0.29) is 5.75 Å². The summed E-state index contributed by atoms with van der Waals surface area (Å²) in [5.41, 5.74) is 0. The zero-order valence-corrected chi connectivity index (χ0v) is 8.93. The molecule has 0 aromatic rings. The lowest BCUT2D eigenvalue weighted by Gasteiger charge is -2.33. The van der Waals surface area contributed by atoms with Crippen LogP contribution in [0.15, 0.2) is 0 Å². The lowest BCUT2D eigenvalue weighted by Crippen LogP contribution is -2.48. The molecular formula is C7H18NO3S+. The van der Waals surface area contributed by atoms with E-state index in [0.717, 1.165) is 0 Å². The van der Waals surface area contributed by atoms with Crippen LogP contribution < -0.4 is 0 Å². The van der Waals surface area contributed by atoms with Crippen molar-refractivity contribution in [3.05, 3.63) is 0 Å². The first-order chi connectivity index (χ1) is 5.15. The summed E-state index contributed by atoms with van der Waals surface area (Å²) in [6, 6.07) is 0.353. The van der Waals surface area contributed by atoms with E-state index >= 15 is 0 Å². The van der Waals surface area contributed by atoms with Gasteiger partial charge in [0.15, 0.2) is 0 Å². The van der Waals surface area contributed by atoms with Crippen LogP contribution in [0.25, 0.3) is 0 Å². The van der Waals surface area contributed by atoms with Gasteiger partial charge in [-0.2, -0.15) is 8.42 Å². The van der Waals surface area contributed by atoms with Gasteiger partial charge in [0.2, 0.25) is 0 Å². The summed E-state index contributed by atoms with van der Waals surface area (Å²) < 4.78 is 30.0. The topological polar surface area (TPSA) is 54.4 Å². The summed E-state index contributed by atoms with van der Waals surface area (Å²) in [5.74, 6) is -0.168. The highest BCUT2D eigenvalue weighted by molar-refractivity contribution is 7.85. The summed E-state index contributed by atoms with van der Waals surface area (Å²) in [7, 11) is 0.0742. The van der Waals surface area contributed by atoms with Crippen molar-refractivity contribution in [2.24, 2.45) is 0 Å². The van der Waals surface area contributed by atoms with E-state index in [4.69, 9.17) is 4.55 Å². The summed E-state index contributed by atoms with van der Waals surface area (Å²) in [6.45, 7) is 4.48. The van der Waals surface area contributed by atoms with Crippen LogP contribution >= 0.6 is 0 Å². The van der Waals surface area contributed by atoms with Gasteiger partial charge in [0.25, 0.3) is 10.1 Å². The van der Waals surface area contributed by atoms with Crippen molar-refractivity contribution >= 4 is 10.1 Å². The Hall–Kier alpha value is -0.130. The molecule has 5 heteroatoms. The maximum atomic E-state index is 10.4. The van der Waals surface area contributed by atoms with E-state index in [9.17, 15) is 8.42 Å². The minimum Gasteiger partial charge on any atom is -0.326 e. The van der Waals surface area contributed by atoms with E-state index < -0.39 is 10.1 Å². The predicted octanol–water partition coefficient (Wildman–Crippen LogP) is 0.359. The first-order valence-electron chi connectivity index (χ1n) is 3.93. The molecule has 0 aromatic carbocycles. The maximum absolute atomic E-state index is 10.4. The molecule has 0 fully saturated rings. The Morgan fingerprint density at radius 3 is 2.00 bits per heavy atom. The second-order valence-corrected chi connectivity index (χ2v) is 5.45. The largest absolute Gasteiger partial charge is 0.326 e. The SMILES string of the molecule is CC(C)[N+](C)(C)CCS(=O)(=O)O. The van der Waals surface area contributed by atoms with Crippen LogP contribution in [0.5, 0.6) is 0 Å². The lowest BCUT2D eigenvalue weighted by molar-refractivity contribution is -0.908. The minimum absolute atomic E-state index is 0.168. The van der Waals surface area contributed by atoms with E-state index in [1.54, 1.807) is 0 Å². The zero-order chi connectivity index (χ0) is 9.99. The van der Waals surface area contributed by atoms with E-state index in [1.807, 2.05) is 27.9 Å². The molecule has 0 radical (unpaired) electrons. The zero-order valence-electron chi connectivity index (χ0n) is 8.11. The third-order valence-corrected chi connectivity index (χ3v) is 3.02. The number of nitrogens with zero attached hydrogens (tertiary/aromatic N) is 1. The van der Waals surface area contributed by atoms with Crippen molar-refractivity contribution in [3.63, 3.8) is 0 Å². The maximum Gasteiger partial charge on any atom is 0.270 e. The number of hydrogen-bond donors (Lipinski definition) is 1. The monoisotopic (exact) mass is 196 g/mol. The Kier molecular flexibility index (Phi) is 3.68. The fourth-order valence-corrected chi connectivity index (χ4v) is 1.31. The third kappa shape index (κ3) is 4.69. The average molecular weight is 196 g/mol. The van der Waals surface area contributed by atoms with Gasteiger partial charge in [-0.15, -0.1) is 0 Å². The van der Waals surface area contributed by atoms with Crippen LogP contribution in [0, 0.1) is 0 Å². The van der Waals surface area contributed by atoms with Gasteiger partial charge in [0.1, 0.15) is 5.75 Å². The molecule has 0 aliphatic rings. The molecule has 0 aromatic heterocycles. The number of hydrogen-bond acceptors (Lipinski definition) is 2. The smallest absolute Gasteiger partial charge is 0.270 e. The lowest BCUT2D eigenvalue weighted by atomic mass is 10.3. The predicted molar refractivity (Wildman–Crippen MR) is 48.5 cm³/mol. The van der Waals surface area contributed by atoms with Crippen molar-refractivity contribution in [2.75, 3.05) is 26.4 Å². The molecule has 0 saturated heterocycles. The highest BCUT2D eigenvalue weighted by Crippen LogP contribution is 2.05. The van der Waals surface area contributed by atoms with Crippen LogP contribution in [0.2, 0.25) is 0 Å². The van der Waals surface area contributed by atoms with Gasteiger partial charge in [0, 0.05) is 0 Å². The molecule has 0 aliphatic carbocycles. The molecule has 0 aliphatic heterocycles. The Balaban J connectivity index is 4.10. The fraction of sp³-hybridized carbons (Fsp3) is 1.00. The van der Waals surface area contributed by atoms with Gasteiger partial charge in [0.05, 0.1) is 26.7 Å².